The van der Waals surface area contributed by atoms with Gasteiger partial charge in [0.2, 0.25) is 21.8 Å². The fraction of sp³-hybridized carbons (Fsp3) is 0.391. The lowest BCUT2D eigenvalue weighted by molar-refractivity contribution is -0.138. The summed E-state index contributed by atoms with van der Waals surface area (Å²) < 4.78 is 26.2. The molecule has 1 unspecified atom stereocenters. The molecule has 1 atom stereocenters. The van der Waals surface area contributed by atoms with E-state index in [0.717, 1.165) is 16.1 Å². The number of sulfonamides is 1. The van der Waals surface area contributed by atoms with E-state index in [1.807, 2.05) is 30.3 Å². The van der Waals surface area contributed by atoms with E-state index in [0.29, 0.717) is 29.2 Å². The second-order valence-electron chi connectivity index (χ2n) is 7.59. The Bertz CT molecular complexity index is 1040. The van der Waals surface area contributed by atoms with Crippen molar-refractivity contribution >= 4 is 39.1 Å². The Labute approximate surface area is 195 Å². The minimum absolute atomic E-state index is 0.271. The summed E-state index contributed by atoms with van der Waals surface area (Å²) in [6.07, 6.45) is 1.58. The SMILES string of the molecule is CCNC(=O)C(C)N(CCc1ccccc1)C(=O)CN(c1cc(Cl)ccc1C)S(C)(=O)=O. The van der Waals surface area contributed by atoms with Gasteiger partial charge in [0.25, 0.3) is 0 Å². The lowest BCUT2D eigenvalue weighted by Gasteiger charge is -2.31. The van der Waals surface area contributed by atoms with E-state index in [9.17, 15) is 18.0 Å². The quantitative estimate of drug-likeness (QED) is 0.567. The van der Waals surface area contributed by atoms with Crippen LogP contribution in [0.4, 0.5) is 5.69 Å². The van der Waals surface area contributed by atoms with E-state index in [1.54, 1.807) is 32.9 Å². The van der Waals surface area contributed by atoms with Gasteiger partial charge in [-0.3, -0.25) is 13.9 Å². The molecule has 174 valence electrons. The smallest absolute Gasteiger partial charge is 0.244 e. The molecule has 0 radical (unpaired) electrons. The molecule has 9 heteroatoms. The van der Waals surface area contributed by atoms with Crippen LogP contribution in [0.5, 0.6) is 0 Å². The molecule has 7 nitrogen and oxygen atoms in total. The van der Waals surface area contributed by atoms with Gasteiger partial charge in [-0.2, -0.15) is 0 Å². The third kappa shape index (κ3) is 6.97. The standard InChI is InChI=1S/C23H30ClN3O4S/c1-5-25-23(29)18(3)26(14-13-19-9-7-6-8-10-19)22(28)16-27(32(4,30)31)21-15-20(24)12-11-17(21)2/h6-12,15,18H,5,13-14,16H2,1-4H3,(H,25,29). The van der Waals surface area contributed by atoms with Gasteiger partial charge >= 0.3 is 0 Å². The largest absolute Gasteiger partial charge is 0.355 e. The van der Waals surface area contributed by atoms with Gasteiger partial charge in [0.15, 0.2) is 0 Å². The topological polar surface area (TPSA) is 86.8 Å². The molecule has 0 saturated heterocycles. The van der Waals surface area contributed by atoms with Crippen molar-refractivity contribution in [2.24, 2.45) is 0 Å². The molecule has 0 aliphatic heterocycles. The van der Waals surface area contributed by atoms with Crippen LogP contribution in [0.1, 0.15) is 25.0 Å². The molecule has 0 aliphatic rings. The van der Waals surface area contributed by atoms with Gasteiger partial charge < -0.3 is 10.2 Å². The summed E-state index contributed by atoms with van der Waals surface area (Å²) in [4.78, 5) is 27.3. The lowest BCUT2D eigenvalue weighted by Crippen LogP contribution is -2.52. The van der Waals surface area contributed by atoms with Crippen LogP contribution in [0.25, 0.3) is 0 Å². The number of benzene rings is 2. The molecule has 0 aromatic heterocycles. The maximum absolute atomic E-state index is 13.3. The van der Waals surface area contributed by atoms with E-state index in [2.05, 4.69) is 5.32 Å². The normalized spacial score (nSPS) is 12.2. The van der Waals surface area contributed by atoms with Crippen molar-refractivity contribution in [3.05, 3.63) is 64.7 Å². The van der Waals surface area contributed by atoms with E-state index >= 15 is 0 Å². The summed E-state index contributed by atoms with van der Waals surface area (Å²) in [5.74, 6) is -0.761. The number of anilines is 1. The number of likely N-dealkylation sites (N-methyl/N-ethyl adjacent to an activating group) is 1. The number of hydrogen-bond acceptors (Lipinski definition) is 4. The maximum Gasteiger partial charge on any atom is 0.244 e. The minimum atomic E-state index is -3.78. The molecule has 0 fully saturated rings. The zero-order valence-corrected chi connectivity index (χ0v) is 20.4. The fourth-order valence-electron chi connectivity index (χ4n) is 3.34. The Balaban J connectivity index is 2.34. The highest BCUT2D eigenvalue weighted by Crippen LogP contribution is 2.26. The predicted molar refractivity (Wildman–Crippen MR) is 128 cm³/mol. The molecule has 0 heterocycles. The minimum Gasteiger partial charge on any atom is -0.355 e. The maximum atomic E-state index is 13.3. The third-order valence-corrected chi connectivity index (χ3v) is 6.48. The zero-order chi connectivity index (χ0) is 23.9. The summed E-state index contributed by atoms with van der Waals surface area (Å²) >= 11 is 6.08. The molecule has 2 aromatic carbocycles. The molecule has 32 heavy (non-hydrogen) atoms. The first-order valence-corrected chi connectivity index (χ1v) is 12.6. The van der Waals surface area contributed by atoms with E-state index < -0.39 is 28.5 Å². The zero-order valence-electron chi connectivity index (χ0n) is 18.8. The molecule has 2 amide bonds. The number of nitrogens with one attached hydrogen (secondary N) is 1. The average molecular weight is 480 g/mol. The fourth-order valence-corrected chi connectivity index (χ4v) is 4.40. The Morgan fingerprint density at radius 1 is 1.12 bits per heavy atom. The lowest BCUT2D eigenvalue weighted by atomic mass is 10.1. The van der Waals surface area contributed by atoms with Crippen molar-refractivity contribution in [1.82, 2.24) is 10.2 Å². The number of halogens is 1. The van der Waals surface area contributed by atoms with Crippen molar-refractivity contribution in [2.45, 2.75) is 33.2 Å². The summed E-state index contributed by atoms with van der Waals surface area (Å²) in [6.45, 7) is 5.46. The molecule has 0 saturated carbocycles. The van der Waals surface area contributed by atoms with E-state index in [4.69, 9.17) is 11.6 Å². The average Bonchev–Trinajstić information content (AvgIpc) is 2.74. The Kier molecular flexibility index (Phi) is 9.09. The van der Waals surface area contributed by atoms with Gasteiger partial charge in [-0.25, -0.2) is 8.42 Å². The summed E-state index contributed by atoms with van der Waals surface area (Å²) in [7, 11) is -3.78. The van der Waals surface area contributed by atoms with Crippen molar-refractivity contribution in [2.75, 3.05) is 30.2 Å². The molecule has 2 aromatic rings. The summed E-state index contributed by atoms with van der Waals surface area (Å²) in [6, 6.07) is 13.7. The highest BCUT2D eigenvalue weighted by molar-refractivity contribution is 7.92. The van der Waals surface area contributed by atoms with Gasteiger partial charge in [-0.1, -0.05) is 48.0 Å². The van der Waals surface area contributed by atoms with Crippen LogP contribution >= 0.6 is 11.6 Å². The van der Waals surface area contributed by atoms with Gasteiger partial charge in [-0.15, -0.1) is 0 Å². The highest BCUT2D eigenvalue weighted by atomic mass is 35.5. The summed E-state index contributed by atoms with van der Waals surface area (Å²) in [5.41, 5.74) is 2.02. The van der Waals surface area contributed by atoms with Crippen molar-refractivity contribution in [3.8, 4) is 0 Å². The Morgan fingerprint density at radius 3 is 2.38 bits per heavy atom. The first kappa shape index (κ1) is 25.7. The van der Waals surface area contributed by atoms with Crippen LogP contribution in [0.3, 0.4) is 0 Å². The number of aryl methyl sites for hydroxylation is 1. The monoisotopic (exact) mass is 479 g/mol. The van der Waals surface area contributed by atoms with Gasteiger partial charge in [0, 0.05) is 18.1 Å². The summed E-state index contributed by atoms with van der Waals surface area (Å²) in [5, 5.41) is 3.09. The number of hydrogen-bond donors (Lipinski definition) is 1. The second-order valence-corrected chi connectivity index (χ2v) is 9.94. The van der Waals surface area contributed by atoms with Crippen LogP contribution in [0.2, 0.25) is 5.02 Å². The third-order valence-electron chi connectivity index (χ3n) is 5.12. The van der Waals surface area contributed by atoms with Crippen molar-refractivity contribution in [1.29, 1.82) is 0 Å². The van der Waals surface area contributed by atoms with Crippen molar-refractivity contribution < 1.29 is 18.0 Å². The number of nitrogens with zero attached hydrogens (tertiary/aromatic N) is 2. The molecular formula is C23H30ClN3O4S. The van der Waals surface area contributed by atoms with Gasteiger partial charge in [-0.05, 0) is 50.5 Å². The van der Waals surface area contributed by atoms with Crippen LogP contribution in [-0.2, 0) is 26.0 Å². The molecule has 1 N–H and O–H groups in total. The van der Waals surface area contributed by atoms with Crippen LogP contribution in [0.15, 0.2) is 48.5 Å². The number of carbonyl (C=O) groups excluding carboxylic acids is 2. The van der Waals surface area contributed by atoms with Crippen LogP contribution in [-0.4, -0.2) is 57.1 Å². The first-order valence-electron chi connectivity index (χ1n) is 10.4. The molecule has 0 aliphatic carbocycles. The number of rotatable bonds is 10. The second kappa shape index (κ2) is 11.3. The Morgan fingerprint density at radius 2 is 1.78 bits per heavy atom. The predicted octanol–water partition coefficient (Wildman–Crippen LogP) is 3.01. The highest BCUT2D eigenvalue weighted by Gasteiger charge is 2.30. The first-order chi connectivity index (χ1) is 15.0. The number of amides is 2. The van der Waals surface area contributed by atoms with Crippen LogP contribution < -0.4 is 9.62 Å². The van der Waals surface area contributed by atoms with E-state index in [-0.39, 0.29) is 12.5 Å². The molecule has 2 rings (SSSR count). The van der Waals surface area contributed by atoms with E-state index in [1.165, 1.54) is 11.0 Å². The van der Waals surface area contributed by atoms with Crippen molar-refractivity contribution in [3.63, 3.8) is 0 Å². The molecular weight excluding hydrogens is 450 g/mol. The Hall–Kier alpha value is -2.58. The van der Waals surface area contributed by atoms with Crippen LogP contribution in [0, 0.1) is 6.92 Å². The van der Waals surface area contributed by atoms with Gasteiger partial charge in [0.05, 0.1) is 11.9 Å². The van der Waals surface area contributed by atoms with Gasteiger partial charge in [0.1, 0.15) is 12.6 Å². The molecule has 0 bridgehead atoms. The number of carbonyl (C=O) groups is 2. The molecule has 0 spiro atoms.